The maximum absolute atomic E-state index is 4.07. The first-order valence-corrected chi connectivity index (χ1v) is 2.84. The molecule has 1 heterocycles. The highest BCUT2D eigenvalue weighted by molar-refractivity contribution is 7.80. The van der Waals surface area contributed by atoms with Crippen LogP contribution in [0.15, 0.2) is 11.4 Å². The maximum Gasteiger partial charge on any atom is 0.164 e. The second kappa shape index (κ2) is 1.82. The lowest BCUT2D eigenvalue weighted by Crippen LogP contribution is -1.83. The maximum atomic E-state index is 4.07. The molecule has 0 fully saturated rings. The van der Waals surface area contributed by atoms with E-state index >= 15 is 0 Å². The molecule has 0 amide bonds. The first-order chi connectivity index (χ1) is 3.70. The number of aromatic nitrogens is 2. The van der Waals surface area contributed by atoms with Crippen LogP contribution in [-0.2, 0) is 7.05 Å². The first-order valence-electron chi connectivity index (χ1n) is 2.39. The molecule has 0 aliphatic rings. The van der Waals surface area contributed by atoms with Crippen LogP contribution < -0.4 is 0 Å². The molecule has 44 valence electrons. The molecule has 0 unspecified atom stereocenters. The van der Waals surface area contributed by atoms with Gasteiger partial charge in [-0.25, -0.2) is 4.98 Å². The van der Waals surface area contributed by atoms with Crippen molar-refractivity contribution in [2.75, 3.05) is 0 Å². The molecule has 0 saturated heterocycles. The third-order valence-corrected chi connectivity index (χ3v) is 1.39. The van der Waals surface area contributed by atoms with Gasteiger partial charge in [-0.05, 0) is 6.92 Å². The molecule has 2 nitrogen and oxygen atoms in total. The number of nitrogens with zero attached hydrogens (tertiary/aromatic N) is 2. The van der Waals surface area contributed by atoms with Gasteiger partial charge in [-0.1, -0.05) is 0 Å². The van der Waals surface area contributed by atoms with E-state index in [1.807, 2.05) is 24.7 Å². The molecule has 0 saturated carbocycles. The Kier molecular flexibility index (Phi) is 1.29. The summed E-state index contributed by atoms with van der Waals surface area (Å²) >= 11 is 4.07. The van der Waals surface area contributed by atoms with Gasteiger partial charge in [-0.3, -0.25) is 0 Å². The summed E-state index contributed by atoms with van der Waals surface area (Å²) in [4.78, 5) is 4.04. The summed E-state index contributed by atoms with van der Waals surface area (Å²) in [6, 6.07) is 0. The lowest BCUT2D eigenvalue weighted by molar-refractivity contribution is 0.794. The predicted molar refractivity (Wildman–Crippen MR) is 35.2 cm³/mol. The van der Waals surface area contributed by atoms with Crippen molar-refractivity contribution in [3.63, 3.8) is 0 Å². The minimum Gasteiger partial charge on any atom is -0.329 e. The second-order valence-electron chi connectivity index (χ2n) is 1.79. The average Bonchev–Trinajstić information content (AvgIpc) is 1.85. The van der Waals surface area contributed by atoms with Gasteiger partial charge in [0, 0.05) is 13.2 Å². The van der Waals surface area contributed by atoms with Gasteiger partial charge < -0.3 is 4.57 Å². The quantitative estimate of drug-likeness (QED) is 0.516. The fourth-order valence-corrected chi connectivity index (χ4v) is 0.819. The Morgan fingerprint density at radius 1 is 1.75 bits per heavy atom. The number of hydrogen-bond acceptors (Lipinski definition) is 2. The number of rotatable bonds is 0. The molecule has 0 aromatic carbocycles. The lowest BCUT2D eigenvalue weighted by atomic mass is 10.6. The normalized spacial score (nSPS) is 9.88. The van der Waals surface area contributed by atoms with Crippen molar-refractivity contribution >= 4 is 12.6 Å². The van der Waals surface area contributed by atoms with Crippen LogP contribution in [0.2, 0.25) is 0 Å². The van der Waals surface area contributed by atoms with Crippen LogP contribution in [0.4, 0.5) is 0 Å². The van der Waals surface area contributed by atoms with Gasteiger partial charge >= 0.3 is 0 Å². The second-order valence-corrected chi connectivity index (χ2v) is 2.19. The number of hydrogen-bond donors (Lipinski definition) is 1. The third kappa shape index (κ3) is 0.865. The highest BCUT2D eigenvalue weighted by Gasteiger charge is 1.92. The van der Waals surface area contributed by atoms with Crippen LogP contribution >= 0.6 is 12.6 Å². The van der Waals surface area contributed by atoms with Crippen molar-refractivity contribution in [2.45, 2.75) is 12.1 Å². The topological polar surface area (TPSA) is 17.8 Å². The van der Waals surface area contributed by atoms with E-state index in [4.69, 9.17) is 0 Å². The van der Waals surface area contributed by atoms with Gasteiger partial charge in [0.2, 0.25) is 0 Å². The molecule has 0 bridgehead atoms. The van der Waals surface area contributed by atoms with E-state index < -0.39 is 0 Å². The summed E-state index contributed by atoms with van der Waals surface area (Å²) < 4.78 is 1.87. The molecule has 1 rings (SSSR count). The Hall–Kier alpha value is -0.440. The number of thiol groups is 1. The van der Waals surface area contributed by atoms with E-state index in [1.54, 1.807) is 0 Å². The van der Waals surface area contributed by atoms with Crippen molar-refractivity contribution in [2.24, 2.45) is 7.05 Å². The standard InChI is InChI=1S/C5H8N2S/c1-4-3-7(2)5(8)6-4/h3H,1-2H3,(H,6,8). The number of aryl methyl sites for hydroxylation is 2. The van der Waals surface area contributed by atoms with Crippen molar-refractivity contribution in [1.82, 2.24) is 9.55 Å². The molecule has 0 N–H and O–H groups in total. The molecule has 0 atom stereocenters. The van der Waals surface area contributed by atoms with Gasteiger partial charge in [-0.2, -0.15) is 0 Å². The summed E-state index contributed by atoms with van der Waals surface area (Å²) in [6.45, 7) is 1.94. The van der Waals surface area contributed by atoms with Crippen LogP contribution in [0, 0.1) is 6.92 Å². The summed E-state index contributed by atoms with van der Waals surface area (Å²) in [6.07, 6.45) is 1.93. The Balaban J connectivity index is 3.14. The van der Waals surface area contributed by atoms with Crippen LogP contribution in [0.1, 0.15) is 5.69 Å². The van der Waals surface area contributed by atoms with E-state index in [1.165, 1.54) is 0 Å². The summed E-state index contributed by atoms with van der Waals surface area (Å²) in [5.74, 6) is 0. The molecular weight excluding hydrogens is 120 g/mol. The van der Waals surface area contributed by atoms with Gasteiger partial charge in [-0.15, -0.1) is 12.6 Å². The zero-order valence-electron chi connectivity index (χ0n) is 4.92. The third-order valence-electron chi connectivity index (χ3n) is 0.972. The fraction of sp³-hybridized carbons (Fsp3) is 0.400. The van der Waals surface area contributed by atoms with Gasteiger partial charge in [0.15, 0.2) is 5.16 Å². The molecule has 0 aliphatic heterocycles. The van der Waals surface area contributed by atoms with E-state index in [-0.39, 0.29) is 0 Å². The van der Waals surface area contributed by atoms with Crippen molar-refractivity contribution in [1.29, 1.82) is 0 Å². The number of imidazole rings is 1. The smallest absolute Gasteiger partial charge is 0.164 e. The first kappa shape index (κ1) is 5.69. The molecular formula is C5H8N2S. The van der Waals surface area contributed by atoms with Crippen molar-refractivity contribution < 1.29 is 0 Å². The van der Waals surface area contributed by atoms with Gasteiger partial charge in [0.25, 0.3) is 0 Å². The SMILES string of the molecule is Cc1cn(C)c(S)n1. The highest BCUT2D eigenvalue weighted by atomic mass is 32.1. The molecule has 0 aliphatic carbocycles. The minimum atomic E-state index is 0.766. The van der Waals surface area contributed by atoms with E-state index in [2.05, 4.69) is 17.6 Å². The average molecular weight is 128 g/mol. The van der Waals surface area contributed by atoms with Crippen molar-refractivity contribution in [3.8, 4) is 0 Å². The van der Waals surface area contributed by atoms with Crippen LogP contribution in [0.3, 0.4) is 0 Å². The fourth-order valence-electron chi connectivity index (χ4n) is 0.603. The predicted octanol–water partition coefficient (Wildman–Crippen LogP) is 1.02. The van der Waals surface area contributed by atoms with Crippen LogP contribution in [0.25, 0.3) is 0 Å². The molecule has 1 aromatic heterocycles. The largest absolute Gasteiger partial charge is 0.329 e. The van der Waals surface area contributed by atoms with E-state index in [0.29, 0.717) is 0 Å². The Morgan fingerprint density at radius 2 is 2.38 bits per heavy atom. The summed E-state index contributed by atoms with van der Waals surface area (Å²) in [5.41, 5.74) is 1.01. The monoisotopic (exact) mass is 128 g/mol. The van der Waals surface area contributed by atoms with E-state index in [9.17, 15) is 0 Å². The molecule has 8 heavy (non-hydrogen) atoms. The highest BCUT2D eigenvalue weighted by Crippen LogP contribution is 2.02. The van der Waals surface area contributed by atoms with Gasteiger partial charge in [0.1, 0.15) is 0 Å². The van der Waals surface area contributed by atoms with Crippen molar-refractivity contribution in [3.05, 3.63) is 11.9 Å². The molecule has 1 aromatic rings. The van der Waals surface area contributed by atoms with Gasteiger partial charge in [0.05, 0.1) is 5.69 Å². The Morgan fingerprint density at radius 3 is 2.50 bits per heavy atom. The zero-order chi connectivity index (χ0) is 6.15. The minimum absolute atomic E-state index is 0.766. The van der Waals surface area contributed by atoms with Crippen LogP contribution in [0.5, 0.6) is 0 Å². The van der Waals surface area contributed by atoms with Crippen LogP contribution in [-0.4, -0.2) is 9.55 Å². The molecule has 3 heteroatoms. The van der Waals surface area contributed by atoms with E-state index in [0.717, 1.165) is 10.9 Å². The Labute approximate surface area is 54.0 Å². The summed E-state index contributed by atoms with van der Waals surface area (Å²) in [5, 5.41) is 0.766. The molecule has 0 spiro atoms. The summed E-state index contributed by atoms with van der Waals surface area (Å²) in [7, 11) is 1.92. The lowest BCUT2D eigenvalue weighted by Gasteiger charge is -1.86. The zero-order valence-corrected chi connectivity index (χ0v) is 5.81. The molecule has 0 radical (unpaired) electrons. The Bertz CT molecular complexity index is 173.